The topological polar surface area (TPSA) is 126 Å². The van der Waals surface area contributed by atoms with Gasteiger partial charge in [0.2, 0.25) is 5.91 Å². The highest BCUT2D eigenvalue weighted by Gasteiger charge is 2.32. The van der Waals surface area contributed by atoms with Crippen LogP contribution in [0.2, 0.25) is 0 Å². The van der Waals surface area contributed by atoms with Crippen molar-refractivity contribution >= 4 is 17.9 Å². The fraction of sp³-hybridized carbons (Fsp3) is 0.889. The smallest absolute Gasteiger partial charge is 0.315 e. The first-order valence-corrected chi connectivity index (χ1v) is 14.0. The highest BCUT2D eigenvalue weighted by atomic mass is 16.5. The Bertz CT molecular complexity index is 712. The zero-order valence-electron chi connectivity index (χ0n) is 22.1. The van der Waals surface area contributed by atoms with Gasteiger partial charge in [-0.25, -0.2) is 4.79 Å². The van der Waals surface area contributed by atoms with Gasteiger partial charge < -0.3 is 30.5 Å². The fourth-order valence-corrected chi connectivity index (χ4v) is 6.12. The summed E-state index contributed by atoms with van der Waals surface area (Å²) in [6.45, 7) is 2.63. The Morgan fingerprint density at radius 1 is 0.861 bits per heavy atom. The quantitative estimate of drug-likeness (QED) is 0.314. The number of hydrogen-bond donors (Lipinski definition) is 4. The normalized spacial score (nSPS) is 32.9. The largest absolute Gasteiger partial charge is 0.481 e. The van der Waals surface area contributed by atoms with Gasteiger partial charge in [0.15, 0.2) is 0 Å². The molecule has 0 aromatic heterocycles. The number of carboxylic acids is 1. The molecule has 3 aliphatic rings. The third-order valence-electron chi connectivity index (χ3n) is 8.29. The molecule has 0 aromatic rings. The number of nitrogens with one attached hydrogen (secondary N) is 3. The van der Waals surface area contributed by atoms with Crippen LogP contribution >= 0.6 is 0 Å². The number of amides is 3. The summed E-state index contributed by atoms with van der Waals surface area (Å²) in [6.07, 6.45) is 11.8. The van der Waals surface area contributed by atoms with E-state index < -0.39 is 5.97 Å². The molecule has 0 spiro atoms. The van der Waals surface area contributed by atoms with Crippen molar-refractivity contribution in [1.29, 1.82) is 0 Å². The Morgan fingerprint density at radius 2 is 1.58 bits per heavy atom. The van der Waals surface area contributed by atoms with Crippen molar-refractivity contribution in [2.24, 2.45) is 11.8 Å². The lowest BCUT2D eigenvalue weighted by molar-refractivity contribution is -0.137. The molecule has 9 nitrogen and oxygen atoms in total. The van der Waals surface area contributed by atoms with E-state index in [0.29, 0.717) is 31.3 Å². The second-order valence-corrected chi connectivity index (χ2v) is 11.2. The van der Waals surface area contributed by atoms with Crippen LogP contribution in [-0.4, -0.2) is 67.1 Å². The number of aliphatic carboxylic acids is 1. The van der Waals surface area contributed by atoms with Crippen LogP contribution in [0.5, 0.6) is 0 Å². The minimum atomic E-state index is -0.815. The van der Waals surface area contributed by atoms with Crippen molar-refractivity contribution in [1.82, 2.24) is 16.0 Å². The molecule has 3 saturated carbocycles. The summed E-state index contributed by atoms with van der Waals surface area (Å²) < 4.78 is 11.4. The number of ether oxygens (including phenoxy) is 2. The molecular formula is C27H47N3O6. The van der Waals surface area contributed by atoms with Gasteiger partial charge in [-0.2, -0.15) is 0 Å². The minimum Gasteiger partial charge on any atom is -0.481 e. The number of carboxylic acid groups (broad SMARTS) is 1. The van der Waals surface area contributed by atoms with Crippen molar-refractivity contribution in [2.45, 2.75) is 127 Å². The lowest BCUT2D eigenvalue weighted by Crippen LogP contribution is -2.49. The average Bonchev–Trinajstić information content (AvgIpc) is 2.84. The van der Waals surface area contributed by atoms with Crippen LogP contribution in [0.3, 0.4) is 0 Å². The molecule has 0 bridgehead atoms. The Kier molecular flexibility index (Phi) is 11.8. The summed E-state index contributed by atoms with van der Waals surface area (Å²) in [5.41, 5.74) is 0. The lowest BCUT2D eigenvalue weighted by Gasteiger charge is -2.35. The Hall–Kier alpha value is -1.87. The van der Waals surface area contributed by atoms with E-state index in [4.69, 9.17) is 14.6 Å². The molecule has 0 heterocycles. The third-order valence-corrected chi connectivity index (χ3v) is 8.29. The maximum absolute atomic E-state index is 12.8. The van der Waals surface area contributed by atoms with Gasteiger partial charge >= 0.3 is 12.0 Å². The summed E-state index contributed by atoms with van der Waals surface area (Å²) in [5, 5.41) is 18.3. The van der Waals surface area contributed by atoms with Crippen molar-refractivity contribution in [3.8, 4) is 0 Å². The standard InChI is InChI=1S/C27H47N3O6/c1-18-6-3-4-7-24(18)30-27(34)29-20-11-9-19(10-12-20)14-25(31)28-21-15-22(35-2)17-23(16-21)36-13-5-8-26(32)33/h18-24H,3-17H2,1-2H3,(H,28,31)(H,32,33)(H2,29,30,34). The Labute approximate surface area is 215 Å². The van der Waals surface area contributed by atoms with E-state index >= 15 is 0 Å². The molecule has 3 aliphatic carbocycles. The van der Waals surface area contributed by atoms with Crippen molar-refractivity contribution < 1.29 is 29.0 Å². The monoisotopic (exact) mass is 509 g/mol. The molecule has 0 aromatic carbocycles. The van der Waals surface area contributed by atoms with E-state index in [1.165, 1.54) is 19.3 Å². The molecule has 9 heteroatoms. The number of carbonyl (C=O) groups is 3. The van der Waals surface area contributed by atoms with Crippen LogP contribution in [-0.2, 0) is 19.1 Å². The van der Waals surface area contributed by atoms with Gasteiger partial charge in [0.1, 0.15) is 0 Å². The first-order chi connectivity index (χ1) is 17.3. The van der Waals surface area contributed by atoms with Gasteiger partial charge in [-0.05, 0) is 76.0 Å². The second kappa shape index (κ2) is 14.8. The fourth-order valence-electron chi connectivity index (χ4n) is 6.12. The van der Waals surface area contributed by atoms with Gasteiger partial charge in [-0.15, -0.1) is 0 Å². The van der Waals surface area contributed by atoms with Crippen LogP contribution in [0.25, 0.3) is 0 Å². The van der Waals surface area contributed by atoms with E-state index in [2.05, 4.69) is 22.9 Å². The number of methoxy groups -OCH3 is 1. The molecule has 206 valence electrons. The first-order valence-electron chi connectivity index (χ1n) is 14.0. The molecular weight excluding hydrogens is 462 g/mol. The van der Waals surface area contributed by atoms with E-state index in [0.717, 1.165) is 51.4 Å². The van der Waals surface area contributed by atoms with E-state index in [9.17, 15) is 14.4 Å². The Morgan fingerprint density at radius 3 is 2.28 bits per heavy atom. The van der Waals surface area contributed by atoms with E-state index in [1.807, 2.05) is 0 Å². The van der Waals surface area contributed by atoms with E-state index in [-0.39, 0.29) is 48.7 Å². The second-order valence-electron chi connectivity index (χ2n) is 11.2. The summed E-state index contributed by atoms with van der Waals surface area (Å²) in [7, 11) is 1.68. The van der Waals surface area contributed by atoms with Crippen LogP contribution < -0.4 is 16.0 Å². The van der Waals surface area contributed by atoms with Gasteiger partial charge in [0.25, 0.3) is 0 Å². The van der Waals surface area contributed by atoms with Crippen LogP contribution in [0.4, 0.5) is 4.79 Å². The molecule has 3 amide bonds. The molecule has 5 unspecified atom stereocenters. The van der Waals surface area contributed by atoms with Crippen molar-refractivity contribution in [2.75, 3.05) is 13.7 Å². The van der Waals surface area contributed by atoms with Gasteiger partial charge in [0, 0.05) is 44.7 Å². The predicted octanol–water partition coefficient (Wildman–Crippen LogP) is 3.75. The van der Waals surface area contributed by atoms with Crippen LogP contribution in [0, 0.1) is 11.8 Å². The Balaban J connectivity index is 1.33. The average molecular weight is 510 g/mol. The minimum absolute atomic E-state index is 0.00422. The highest BCUT2D eigenvalue weighted by molar-refractivity contribution is 5.76. The van der Waals surface area contributed by atoms with Crippen molar-refractivity contribution in [3.63, 3.8) is 0 Å². The molecule has 0 aliphatic heterocycles. The van der Waals surface area contributed by atoms with Gasteiger partial charge in [-0.3, -0.25) is 9.59 Å². The molecule has 36 heavy (non-hydrogen) atoms. The third kappa shape index (κ3) is 9.88. The number of rotatable bonds is 11. The number of carbonyl (C=O) groups excluding carboxylic acids is 2. The molecule has 0 saturated heterocycles. The molecule has 3 fully saturated rings. The summed E-state index contributed by atoms with van der Waals surface area (Å²) in [6, 6.07) is 0.429. The molecule has 3 rings (SSSR count). The summed E-state index contributed by atoms with van der Waals surface area (Å²) >= 11 is 0. The molecule has 0 radical (unpaired) electrons. The highest BCUT2D eigenvalue weighted by Crippen LogP contribution is 2.29. The maximum Gasteiger partial charge on any atom is 0.315 e. The van der Waals surface area contributed by atoms with Crippen LogP contribution in [0.15, 0.2) is 0 Å². The predicted molar refractivity (Wildman–Crippen MR) is 137 cm³/mol. The summed E-state index contributed by atoms with van der Waals surface area (Å²) in [4.78, 5) is 35.9. The molecule has 5 atom stereocenters. The zero-order valence-corrected chi connectivity index (χ0v) is 22.1. The SMILES string of the molecule is COC1CC(NC(=O)CC2CCC(NC(=O)NC3CCCCC3C)CC2)CC(OCCCC(=O)O)C1. The number of hydrogen-bond acceptors (Lipinski definition) is 5. The zero-order chi connectivity index (χ0) is 25.9. The maximum atomic E-state index is 12.8. The lowest BCUT2D eigenvalue weighted by atomic mass is 9.83. The number of urea groups is 1. The van der Waals surface area contributed by atoms with Crippen molar-refractivity contribution in [3.05, 3.63) is 0 Å². The van der Waals surface area contributed by atoms with E-state index in [1.54, 1.807) is 7.11 Å². The van der Waals surface area contributed by atoms with Crippen LogP contribution in [0.1, 0.15) is 96.8 Å². The summed E-state index contributed by atoms with van der Waals surface area (Å²) in [5.74, 6) is 0.140. The first kappa shape index (κ1) is 28.7. The molecule has 4 N–H and O–H groups in total. The van der Waals surface area contributed by atoms with Gasteiger partial charge in [-0.1, -0.05) is 19.8 Å². The van der Waals surface area contributed by atoms with Gasteiger partial charge in [0.05, 0.1) is 12.2 Å².